The maximum atomic E-state index is 5.68. The molecule has 0 bridgehead atoms. The summed E-state index contributed by atoms with van der Waals surface area (Å²) in [5, 5.41) is 0. The number of benzene rings is 2. The Morgan fingerprint density at radius 3 is 1.33 bits per heavy atom. The van der Waals surface area contributed by atoms with Gasteiger partial charge in [-0.25, -0.2) is 0 Å². The highest BCUT2D eigenvalue weighted by Gasteiger charge is 1.96. The molecule has 2 aromatic carbocycles. The number of aryl methyl sites for hydroxylation is 1. The van der Waals surface area contributed by atoms with Crippen LogP contribution in [0.15, 0.2) is 48.5 Å². The molecule has 0 spiro atoms. The first-order chi connectivity index (χ1) is 17.7. The van der Waals surface area contributed by atoms with Crippen LogP contribution in [0.4, 0.5) is 11.4 Å². The normalized spacial score (nSPS) is 10.6. The van der Waals surface area contributed by atoms with Gasteiger partial charge in [-0.1, -0.05) is 122 Å². The zero-order valence-corrected chi connectivity index (χ0v) is 23.6. The number of hydrogen-bond donors (Lipinski definition) is 2. The monoisotopic (exact) mass is 496 g/mol. The van der Waals surface area contributed by atoms with Crippen LogP contribution < -0.4 is 16.2 Å². The average molecular weight is 497 g/mol. The summed E-state index contributed by atoms with van der Waals surface area (Å²) in [4.78, 5) is 0. The molecular formula is C33H56N2O. The van der Waals surface area contributed by atoms with Gasteiger partial charge in [0.15, 0.2) is 0 Å². The molecule has 0 aliphatic rings. The van der Waals surface area contributed by atoms with Gasteiger partial charge in [0.05, 0.1) is 6.61 Å². The van der Waals surface area contributed by atoms with Gasteiger partial charge < -0.3 is 16.2 Å². The van der Waals surface area contributed by atoms with Crippen molar-refractivity contribution in [3.8, 4) is 5.75 Å². The second-order valence-corrected chi connectivity index (χ2v) is 10.2. The van der Waals surface area contributed by atoms with Gasteiger partial charge in [-0.2, -0.15) is 0 Å². The second-order valence-electron chi connectivity index (χ2n) is 10.2. The molecule has 0 aliphatic carbocycles. The van der Waals surface area contributed by atoms with E-state index in [4.69, 9.17) is 16.2 Å². The molecule has 3 heteroatoms. The van der Waals surface area contributed by atoms with E-state index in [1.807, 2.05) is 36.4 Å². The van der Waals surface area contributed by atoms with E-state index >= 15 is 0 Å². The Bertz CT molecular complexity index is 711. The molecule has 0 radical (unpaired) electrons. The standard InChI is InChI=1S/C18H31N.C15H25NO/c1-2-3-4-5-6-7-8-9-10-11-12-17-13-15-18(19)16-14-17;1-2-3-4-5-6-7-8-13-17-15-11-9-14(16)10-12-15/h13-16H,2-12,19H2,1H3;9-12H,2-8,13,16H2,1H3. The summed E-state index contributed by atoms with van der Waals surface area (Å²) < 4.78 is 5.63. The second kappa shape index (κ2) is 23.3. The van der Waals surface area contributed by atoms with E-state index < -0.39 is 0 Å². The van der Waals surface area contributed by atoms with Gasteiger partial charge in [-0.3, -0.25) is 0 Å². The van der Waals surface area contributed by atoms with Crippen LogP contribution in [-0.4, -0.2) is 6.61 Å². The average Bonchev–Trinajstić information content (AvgIpc) is 2.89. The molecule has 0 heterocycles. The largest absolute Gasteiger partial charge is 0.494 e. The minimum atomic E-state index is 0.785. The molecule has 36 heavy (non-hydrogen) atoms. The van der Waals surface area contributed by atoms with E-state index in [-0.39, 0.29) is 0 Å². The van der Waals surface area contributed by atoms with Crippen molar-refractivity contribution in [1.82, 2.24) is 0 Å². The Kier molecular flexibility index (Phi) is 20.6. The van der Waals surface area contributed by atoms with Crippen LogP contribution in [0.25, 0.3) is 0 Å². The van der Waals surface area contributed by atoms with Gasteiger partial charge in [0, 0.05) is 11.4 Å². The Morgan fingerprint density at radius 1 is 0.472 bits per heavy atom. The first-order valence-corrected chi connectivity index (χ1v) is 15.0. The molecule has 0 amide bonds. The van der Waals surface area contributed by atoms with Gasteiger partial charge in [-0.15, -0.1) is 0 Å². The number of nitrogens with two attached hydrogens (primary N) is 2. The van der Waals surface area contributed by atoms with Crippen LogP contribution in [0, 0.1) is 0 Å². The van der Waals surface area contributed by atoms with Crippen LogP contribution in [0.2, 0.25) is 0 Å². The summed E-state index contributed by atoms with van der Waals surface area (Å²) in [6, 6.07) is 15.9. The van der Waals surface area contributed by atoms with Gasteiger partial charge in [-0.05, 0) is 61.2 Å². The lowest BCUT2D eigenvalue weighted by atomic mass is 10.0. The van der Waals surface area contributed by atoms with Crippen LogP contribution in [-0.2, 0) is 6.42 Å². The Balaban J connectivity index is 0.000000362. The first kappa shape index (κ1) is 31.9. The maximum absolute atomic E-state index is 5.68. The molecule has 3 nitrogen and oxygen atoms in total. The van der Waals surface area contributed by atoms with E-state index in [0.717, 1.165) is 30.2 Å². The van der Waals surface area contributed by atoms with Crippen molar-refractivity contribution in [2.24, 2.45) is 0 Å². The third-order valence-corrected chi connectivity index (χ3v) is 6.70. The summed E-state index contributed by atoms with van der Waals surface area (Å²) in [7, 11) is 0. The lowest BCUT2D eigenvalue weighted by molar-refractivity contribution is 0.304. The molecule has 2 rings (SSSR count). The SMILES string of the molecule is CCCCCCCCCCCCc1ccc(N)cc1.CCCCCCCCCOc1ccc(N)cc1. The molecule has 0 saturated carbocycles. The van der Waals surface area contributed by atoms with E-state index in [2.05, 4.69) is 26.0 Å². The fourth-order valence-corrected chi connectivity index (χ4v) is 4.31. The van der Waals surface area contributed by atoms with Crippen LogP contribution in [0.1, 0.15) is 129 Å². The smallest absolute Gasteiger partial charge is 0.119 e. The molecule has 4 N–H and O–H groups in total. The van der Waals surface area contributed by atoms with Crippen LogP contribution in [0.5, 0.6) is 5.75 Å². The minimum Gasteiger partial charge on any atom is -0.494 e. The van der Waals surface area contributed by atoms with E-state index in [0.29, 0.717) is 0 Å². The van der Waals surface area contributed by atoms with Crippen molar-refractivity contribution >= 4 is 11.4 Å². The van der Waals surface area contributed by atoms with Crippen molar-refractivity contribution in [3.63, 3.8) is 0 Å². The zero-order valence-electron chi connectivity index (χ0n) is 23.6. The molecular weight excluding hydrogens is 440 g/mol. The van der Waals surface area contributed by atoms with E-state index in [9.17, 15) is 0 Å². The van der Waals surface area contributed by atoms with Gasteiger partial charge in [0.2, 0.25) is 0 Å². The first-order valence-electron chi connectivity index (χ1n) is 15.0. The maximum Gasteiger partial charge on any atom is 0.119 e. The van der Waals surface area contributed by atoms with Gasteiger partial charge in [0.25, 0.3) is 0 Å². The third kappa shape index (κ3) is 19.1. The highest BCUT2D eigenvalue weighted by atomic mass is 16.5. The lowest BCUT2D eigenvalue weighted by Gasteiger charge is -2.06. The van der Waals surface area contributed by atoms with Gasteiger partial charge in [0.1, 0.15) is 5.75 Å². The number of ether oxygens (including phenoxy) is 1. The fraction of sp³-hybridized carbons (Fsp3) is 0.636. The molecule has 2 aromatic rings. The van der Waals surface area contributed by atoms with Crippen molar-refractivity contribution in [3.05, 3.63) is 54.1 Å². The lowest BCUT2D eigenvalue weighted by Crippen LogP contribution is -1.97. The molecule has 0 aliphatic heterocycles. The number of nitrogen functional groups attached to an aromatic ring is 2. The van der Waals surface area contributed by atoms with Crippen LogP contribution >= 0.6 is 0 Å². The van der Waals surface area contributed by atoms with Crippen molar-refractivity contribution in [2.75, 3.05) is 18.1 Å². The molecule has 0 atom stereocenters. The highest BCUT2D eigenvalue weighted by Crippen LogP contribution is 2.15. The number of hydrogen-bond acceptors (Lipinski definition) is 3. The quantitative estimate of drug-likeness (QED) is 0.141. The van der Waals surface area contributed by atoms with Crippen molar-refractivity contribution < 1.29 is 4.74 Å². The number of rotatable bonds is 20. The molecule has 204 valence electrons. The predicted molar refractivity (Wildman–Crippen MR) is 161 cm³/mol. The predicted octanol–water partition coefficient (Wildman–Crippen LogP) is 10.1. The zero-order chi connectivity index (χ0) is 26.1. The van der Waals surface area contributed by atoms with E-state index in [1.165, 1.54) is 115 Å². The topological polar surface area (TPSA) is 61.3 Å². The summed E-state index contributed by atoms with van der Waals surface area (Å²) in [6.07, 6.45) is 24.5. The van der Waals surface area contributed by atoms with Crippen molar-refractivity contribution in [1.29, 1.82) is 0 Å². The molecule has 0 unspecified atom stereocenters. The summed E-state index contributed by atoms with van der Waals surface area (Å²) in [5.41, 5.74) is 14.4. The highest BCUT2D eigenvalue weighted by molar-refractivity contribution is 5.41. The Labute approximate surface area is 223 Å². The van der Waals surface area contributed by atoms with Crippen LogP contribution in [0.3, 0.4) is 0 Å². The number of unbranched alkanes of at least 4 members (excludes halogenated alkanes) is 15. The Hall–Kier alpha value is -2.16. The summed E-state index contributed by atoms with van der Waals surface area (Å²) >= 11 is 0. The number of anilines is 2. The molecule has 0 aromatic heterocycles. The summed E-state index contributed by atoms with van der Waals surface area (Å²) in [5.74, 6) is 0.921. The molecule has 0 fully saturated rings. The Morgan fingerprint density at radius 2 is 0.861 bits per heavy atom. The minimum absolute atomic E-state index is 0.785. The fourth-order valence-electron chi connectivity index (χ4n) is 4.31. The third-order valence-electron chi connectivity index (χ3n) is 6.70. The van der Waals surface area contributed by atoms with E-state index in [1.54, 1.807) is 0 Å². The van der Waals surface area contributed by atoms with Gasteiger partial charge >= 0.3 is 0 Å². The summed E-state index contributed by atoms with van der Waals surface area (Å²) in [6.45, 7) is 5.35. The molecule has 0 saturated heterocycles. The van der Waals surface area contributed by atoms with Crippen molar-refractivity contribution in [2.45, 2.75) is 129 Å².